The zero-order chi connectivity index (χ0) is 13.3. The first-order valence-electron chi connectivity index (χ1n) is 4.56. The molecule has 0 atom stereocenters. The van der Waals surface area contributed by atoms with Gasteiger partial charge in [0.05, 0.1) is 13.6 Å². The molecule has 0 radical (unpaired) electrons. The fourth-order valence-electron chi connectivity index (χ4n) is 1.22. The Kier molecular flexibility index (Phi) is 3.63. The molecule has 1 rings (SSSR count). The van der Waals surface area contributed by atoms with Gasteiger partial charge in [-0.05, 0) is 6.92 Å². The monoisotopic (exact) mass is 272 g/mol. The number of amidine groups is 1. The average molecular weight is 272 g/mol. The molecule has 0 saturated carbocycles. The number of hydrogen-bond acceptors (Lipinski definition) is 1. The molecule has 0 saturated heterocycles. The molecular formula is C7H15F6N2P. The van der Waals surface area contributed by atoms with E-state index in [1.807, 2.05) is 0 Å². The van der Waals surface area contributed by atoms with E-state index in [9.17, 15) is 25.2 Å². The van der Waals surface area contributed by atoms with E-state index >= 15 is 0 Å². The fourth-order valence-corrected chi connectivity index (χ4v) is 1.22. The standard InChI is InChI=1S/C7H15N2.F6P/c1-4-9-6-5-8(3)7(9)2;1-7(2,3,4,5)6/h4-6H2,1-3H3;/q+1;-1. The summed E-state index contributed by atoms with van der Waals surface area (Å²) in [6, 6.07) is 0. The van der Waals surface area contributed by atoms with Crippen LogP contribution in [0.5, 0.6) is 0 Å². The first kappa shape index (κ1) is 15.5. The summed E-state index contributed by atoms with van der Waals surface area (Å²) >= 11 is 0. The van der Waals surface area contributed by atoms with Gasteiger partial charge in [-0.3, -0.25) is 9.48 Å². The third-order valence-electron chi connectivity index (χ3n) is 2.10. The van der Waals surface area contributed by atoms with Crippen LogP contribution in [0.25, 0.3) is 0 Å². The second kappa shape index (κ2) is 3.75. The van der Waals surface area contributed by atoms with Crippen molar-refractivity contribution in [2.75, 3.05) is 26.7 Å². The van der Waals surface area contributed by atoms with Crippen LogP contribution in [-0.4, -0.2) is 42.0 Å². The molecule has 0 bridgehead atoms. The summed E-state index contributed by atoms with van der Waals surface area (Å²) in [6.07, 6.45) is 0. The van der Waals surface area contributed by atoms with Crippen molar-refractivity contribution < 1.29 is 29.8 Å². The molecular weight excluding hydrogens is 257 g/mol. The van der Waals surface area contributed by atoms with Crippen LogP contribution in [0.2, 0.25) is 0 Å². The summed E-state index contributed by atoms with van der Waals surface area (Å²) in [5.41, 5.74) is 0. The second-order valence-corrected chi connectivity index (χ2v) is 5.42. The summed E-state index contributed by atoms with van der Waals surface area (Å²) < 4.78 is 61.5. The van der Waals surface area contributed by atoms with Gasteiger partial charge in [-0.25, -0.2) is 0 Å². The number of likely N-dealkylation sites (N-methyl/N-ethyl adjacent to an activating group) is 2. The molecule has 0 spiro atoms. The van der Waals surface area contributed by atoms with Crippen LogP contribution < -0.4 is 0 Å². The molecule has 0 fully saturated rings. The molecule has 100 valence electrons. The molecule has 0 aromatic carbocycles. The number of rotatable bonds is 1. The summed E-state index contributed by atoms with van der Waals surface area (Å²) in [5.74, 6) is 1.41. The third kappa shape index (κ3) is 10.0. The van der Waals surface area contributed by atoms with Crippen LogP contribution in [0.15, 0.2) is 0 Å². The van der Waals surface area contributed by atoms with Crippen molar-refractivity contribution in [2.24, 2.45) is 0 Å². The zero-order valence-corrected chi connectivity index (χ0v) is 10.1. The van der Waals surface area contributed by atoms with Crippen molar-refractivity contribution >= 4 is 13.6 Å². The quantitative estimate of drug-likeness (QED) is 0.400. The second-order valence-electron chi connectivity index (χ2n) is 3.51. The van der Waals surface area contributed by atoms with E-state index < -0.39 is 7.81 Å². The van der Waals surface area contributed by atoms with Crippen molar-refractivity contribution in [1.82, 2.24) is 4.90 Å². The molecule has 0 aromatic rings. The van der Waals surface area contributed by atoms with Crippen molar-refractivity contribution in [3.63, 3.8) is 0 Å². The van der Waals surface area contributed by atoms with Crippen molar-refractivity contribution in [2.45, 2.75) is 13.8 Å². The van der Waals surface area contributed by atoms with Gasteiger partial charge in [0.2, 0.25) is 5.84 Å². The van der Waals surface area contributed by atoms with Crippen molar-refractivity contribution in [1.29, 1.82) is 0 Å². The van der Waals surface area contributed by atoms with Gasteiger partial charge in [0.25, 0.3) is 0 Å². The minimum atomic E-state index is -10.7. The van der Waals surface area contributed by atoms with Crippen LogP contribution >= 0.6 is 7.81 Å². The Morgan fingerprint density at radius 2 is 1.56 bits per heavy atom. The van der Waals surface area contributed by atoms with E-state index in [2.05, 4.69) is 30.4 Å². The summed E-state index contributed by atoms with van der Waals surface area (Å²) in [4.78, 5) is 2.39. The van der Waals surface area contributed by atoms with Gasteiger partial charge >= 0.3 is 33.0 Å². The van der Waals surface area contributed by atoms with E-state index in [1.165, 1.54) is 18.9 Å². The average Bonchev–Trinajstić information content (AvgIpc) is 2.26. The molecule has 0 aromatic heterocycles. The predicted octanol–water partition coefficient (Wildman–Crippen LogP) is 3.77. The van der Waals surface area contributed by atoms with Gasteiger partial charge in [-0.15, -0.1) is 0 Å². The van der Waals surface area contributed by atoms with Crippen LogP contribution in [0.3, 0.4) is 0 Å². The van der Waals surface area contributed by atoms with Gasteiger partial charge in [-0.1, -0.05) is 0 Å². The third-order valence-corrected chi connectivity index (χ3v) is 2.10. The number of halogens is 6. The maximum atomic E-state index is 9.87. The summed E-state index contributed by atoms with van der Waals surface area (Å²) in [6.45, 7) is 7.92. The Balaban J connectivity index is 0.000000293. The molecule has 9 heteroatoms. The van der Waals surface area contributed by atoms with Crippen LogP contribution in [0, 0.1) is 0 Å². The van der Waals surface area contributed by atoms with Gasteiger partial charge in [0.1, 0.15) is 13.1 Å². The molecule has 1 heterocycles. The van der Waals surface area contributed by atoms with E-state index in [0.29, 0.717) is 0 Å². The molecule has 2 nitrogen and oxygen atoms in total. The first-order valence-corrected chi connectivity index (χ1v) is 6.59. The minimum absolute atomic E-state index is 1.15. The Labute approximate surface area is 89.8 Å². The Bertz CT molecular complexity index is 280. The van der Waals surface area contributed by atoms with Gasteiger partial charge in [0, 0.05) is 6.92 Å². The Morgan fingerprint density at radius 3 is 1.69 bits per heavy atom. The SMILES string of the molecule is CCN1CC[N+](C)=C1C.F[P-](F)(F)(F)(F)F. The van der Waals surface area contributed by atoms with E-state index in [1.54, 1.807) is 0 Å². The molecule has 0 amide bonds. The van der Waals surface area contributed by atoms with Crippen LogP contribution in [0.4, 0.5) is 25.2 Å². The van der Waals surface area contributed by atoms with Gasteiger partial charge < -0.3 is 0 Å². The van der Waals surface area contributed by atoms with Crippen LogP contribution in [0.1, 0.15) is 13.8 Å². The number of nitrogens with zero attached hydrogens (tertiary/aromatic N) is 2. The van der Waals surface area contributed by atoms with Gasteiger partial charge in [-0.2, -0.15) is 0 Å². The molecule has 0 aliphatic carbocycles. The Hall–Kier alpha value is -0.520. The van der Waals surface area contributed by atoms with E-state index in [0.717, 1.165) is 6.54 Å². The van der Waals surface area contributed by atoms with Crippen LogP contribution in [-0.2, 0) is 0 Å². The molecule has 16 heavy (non-hydrogen) atoms. The van der Waals surface area contributed by atoms with Crippen molar-refractivity contribution in [3.8, 4) is 0 Å². The normalized spacial score (nSPS) is 21.2. The Morgan fingerprint density at radius 1 is 1.19 bits per heavy atom. The fraction of sp³-hybridized carbons (Fsp3) is 0.857. The van der Waals surface area contributed by atoms with Crippen molar-refractivity contribution in [3.05, 3.63) is 0 Å². The van der Waals surface area contributed by atoms with E-state index in [4.69, 9.17) is 0 Å². The summed E-state index contributed by atoms with van der Waals surface area (Å²) in [7, 11) is -8.51. The first-order chi connectivity index (χ1) is 6.70. The summed E-state index contributed by atoms with van der Waals surface area (Å²) in [5, 5.41) is 0. The van der Waals surface area contributed by atoms with E-state index in [-0.39, 0.29) is 0 Å². The molecule has 0 unspecified atom stereocenters. The molecule has 0 N–H and O–H groups in total. The molecule has 1 aliphatic heterocycles. The predicted molar refractivity (Wildman–Crippen MR) is 52.5 cm³/mol. The maximum absolute atomic E-state index is 10.7. The number of hydrogen-bond donors (Lipinski definition) is 0. The van der Waals surface area contributed by atoms with Gasteiger partial charge in [0.15, 0.2) is 0 Å². The molecule has 1 aliphatic rings. The zero-order valence-electron chi connectivity index (χ0n) is 9.23. The topological polar surface area (TPSA) is 6.25 Å².